The van der Waals surface area contributed by atoms with Crippen molar-refractivity contribution >= 4 is 3.21 Å². The van der Waals surface area contributed by atoms with E-state index in [4.69, 9.17) is 0 Å². The molecule has 0 N–H and O–H groups in total. The van der Waals surface area contributed by atoms with Crippen LogP contribution >= 0.6 is 0 Å². The van der Waals surface area contributed by atoms with Gasteiger partial charge in [0.15, 0.2) is 0 Å². The van der Waals surface area contributed by atoms with Gasteiger partial charge in [0.25, 0.3) is 0 Å². The molecule has 0 atom stereocenters. The third-order valence-corrected chi connectivity index (χ3v) is 5.98. The molecule has 0 saturated carbocycles. The Morgan fingerprint density at radius 1 is 0.833 bits per heavy atom. The Balaban J connectivity index is 0.000000454. The number of hydrogen-bond acceptors (Lipinski definition) is 0. The van der Waals surface area contributed by atoms with Crippen molar-refractivity contribution in [3.63, 3.8) is 0 Å². The molecule has 2 aromatic rings. The molecule has 30 heavy (non-hydrogen) atoms. The zero-order chi connectivity index (χ0) is 20.0. The molecule has 0 nitrogen and oxygen atoms in total. The van der Waals surface area contributed by atoms with E-state index < -0.39 is 0 Å². The van der Waals surface area contributed by atoms with Crippen molar-refractivity contribution in [3.05, 3.63) is 119 Å². The molecule has 3 heteroatoms. The molecule has 0 spiro atoms. The van der Waals surface area contributed by atoms with Crippen molar-refractivity contribution in [2.75, 3.05) is 0 Å². The average Bonchev–Trinajstić information content (AvgIpc) is 3.49. The minimum absolute atomic E-state index is 0. The standard InChI is InChI=1S/C13H10.C9H13.C5H5.2ClH.Zr/c1-3-7-12(8-4-1)11-13-9-5-2-6-10-13;1-3-8-6-5-7-9(8)4-2;1-2-4-5-3-1;;;/h1-10H;6H,3-4,7H2,1-2H3;1-3H,4H2;2*1H;/q;2*-1;;;+2/p-2. The van der Waals surface area contributed by atoms with E-state index in [2.05, 4.69) is 98.8 Å². The summed E-state index contributed by atoms with van der Waals surface area (Å²) in [5.41, 5.74) is 5.75. The molecule has 0 amide bonds. The number of halogens is 2. The van der Waals surface area contributed by atoms with E-state index in [-0.39, 0.29) is 24.8 Å². The summed E-state index contributed by atoms with van der Waals surface area (Å²) in [6.45, 7) is 4.42. The third-order valence-electron chi connectivity index (χ3n) is 4.56. The Labute approximate surface area is 210 Å². The Morgan fingerprint density at radius 3 is 1.73 bits per heavy atom. The fourth-order valence-electron chi connectivity index (χ4n) is 2.93. The maximum atomic E-state index is 3.23. The fourth-order valence-corrected chi connectivity index (χ4v) is 3.75. The SMILES string of the molecule is CCC1=C(CC)C[C-]=C1.[C-]1=CC=CC1.[Cl-].[Cl-].[Zr+2]=[C](c1ccccc1)c1ccccc1. The van der Waals surface area contributed by atoms with E-state index in [1.54, 1.807) is 5.57 Å². The van der Waals surface area contributed by atoms with Crippen LogP contribution in [0.1, 0.15) is 50.7 Å². The van der Waals surface area contributed by atoms with Crippen LogP contribution in [0.4, 0.5) is 0 Å². The first kappa shape index (κ1) is 28.7. The maximum absolute atomic E-state index is 3.23. The molecule has 4 rings (SSSR count). The van der Waals surface area contributed by atoms with Crippen molar-refractivity contribution in [1.82, 2.24) is 0 Å². The molecule has 0 saturated heterocycles. The Hall–Kier alpha value is -1.27. The van der Waals surface area contributed by atoms with Gasteiger partial charge in [-0.05, 0) is 0 Å². The van der Waals surface area contributed by atoms with Crippen LogP contribution in [0, 0.1) is 12.2 Å². The second-order valence-electron chi connectivity index (χ2n) is 6.47. The Bertz CT molecular complexity index is 795. The molecule has 0 bridgehead atoms. The van der Waals surface area contributed by atoms with Crippen molar-refractivity contribution < 1.29 is 49.0 Å². The third kappa shape index (κ3) is 10.2. The minimum atomic E-state index is 0. The monoisotopic (exact) mass is 512 g/mol. The molecule has 0 heterocycles. The van der Waals surface area contributed by atoms with Gasteiger partial charge in [0, 0.05) is 0 Å². The van der Waals surface area contributed by atoms with Crippen LogP contribution in [0.5, 0.6) is 0 Å². The zero-order valence-electron chi connectivity index (χ0n) is 17.7. The first-order valence-corrected chi connectivity index (χ1v) is 11.2. The van der Waals surface area contributed by atoms with Crippen molar-refractivity contribution in [3.8, 4) is 0 Å². The van der Waals surface area contributed by atoms with Gasteiger partial charge in [0.1, 0.15) is 0 Å². The number of benzene rings is 2. The summed E-state index contributed by atoms with van der Waals surface area (Å²) in [5.74, 6) is 0. The van der Waals surface area contributed by atoms with Gasteiger partial charge in [-0.25, -0.2) is 18.2 Å². The zero-order valence-corrected chi connectivity index (χ0v) is 21.6. The second-order valence-corrected chi connectivity index (χ2v) is 7.70. The van der Waals surface area contributed by atoms with Crippen molar-refractivity contribution in [1.29, 1.82) is 0 Å². The molecule has 2 aromatic carbocycles. The summed E-state index contributed by atoms with van der Waals surface area (Å²) >= 11 is 1.46. The summed E-state index contributed by atoms with van der Waals surface area (Å²) < 4.78 is 1.42. The van der Waals surface area contributed by atoms with Crippen LogP contribution in [0.2, 0.25) is 0 Å². The van der Waals surface area contributed by atoms with Gasteiger partial charge in [-0.15, -0.1) is 12.8 Å². The molecule has 0 radical (unpaired) electrons. The molecule has 2 aliphatic rings. The predicted octanol–water partition coefficient (Wildman–Crippen LogP) is 0.982. The fraction of sp³-hybridized carbons (Fsp3) is 0.222. The van der Waals surface area contributed by atoms with Gasteiger partial charge in [0.05, 0.1) is 0 Å². The van der Waals surface area contributed by atoms with E-state index in [1.165, 1.54) is 57.0 Å². The molecule has 0 fully saturated rings. The van der Waals surface area contributed by atoms with Crippen LogP contribution in [-0.2, 0) is 24.2 Å². The first-order valence-electron chi connectivity index (χ1n) is 9.94. The Kier molecular flexibility index (Phi) is 16.7. The van der Waals surface area contributed by atoms with E-state index in [0.29, 0.717) is 0 Å². The number of rotatable bonds is 4. The summed E-state index contributed by atoms with van der Waals surface area (Å²) in [5, 5.41) is 0. The van der Waals surface area contributed by atoms with E-state index in [9.17, 15) is 0 Å². The summed E-state index contributed by atoms with van der Waals surface area (Å²) in [4.78, 5) is 0. The molecule has 0 aliphatic heterocycles. The van der Waals surface area contributed by atoms with Crippen LogP contribution in [0.3, 0.4) is 0 Å². The van der Waals surface area contributed by atoms with Gasteiger partial charge in [0.2, 0.25) is 0 Å². The van der Waals surface area contributed by atoms with Crippen LogP contribution in [0.15, 0.2) is 96.1 Å². The normalized spacial score (nSPS) is 12.8. The van der Waals surface area contributed by atoms with Gasteiger partial charge in [-0.3, -0.25) is 12.2 Å². The molecule has 0 aromatic heterocycles. The van der Waals surface area contributed by atoms with Crippen LogP contribution in [0.25, 0.3) is 0 Å². The molecule has 0 unspecified atom stereocenters. The summed E-state index contributed by atoms with van der Waals surface area (Å²) in [7, 11) is 0. The van der Waals surface area contributed by atoms with Crippen molar-refractivity contribution in [2.24, 2.45) is 0 Å². The number of hydrogen-bond donors (Lipinski definition) is 0. The molecule has 2 aliphatic carbocycles. The Morgan fingerprint density at radius 2 is 1.40 bits per heavy atom. The predicted molar refractivity (Wildman–Crippen MR) is 118 cm³/mol. The molecular formula is C27H28Cl2Zr-2. The molecule has 156 valence electrons. The van der Waals surface area contributed by atoms with Gasteiger partial charge < -0.3 is 24.8 Å². The van der Waals surface area contributed by atoms with E-state index in [0.717, 1.165) is 12.8 Å². The average molecular weight is 515 g/mol. The van der Waals surface area contributed by atoms with E-state index >= 15 is 0 Å². The van der Waals surface area contributed by atoms with Gasteiger partial charge in [-0.2, -0.15) is 17.2 Å². The quantitative estimate of drug-likeness (QED) is 0.534. The van der Waals surface area contributed by atoms with E-state index in [1.807, 2.05) is 12.2 Å². The van der Waals surface area contributed by atoms with Gasteiger partial charge >= 0.3 is 99.2 Å². The first-order chi connectivity index (χ1) is 13.8. The number of allylic oxidation sites excluding steroid dienone is 8. The molecular weight excluding hydrogens is 486 g/mol. The van der Waals surface area contributed by atoms with Crippen LogP contribution < -0.4 is 24.8 Å². The van der Waals surface area contributed by atoms with Crippen LogP contribution in [-0.4, -0.2) is 3.21 Å². The van der Waals surface area contributed by atoms with Crippen molar-refractivity contribution in [2.45, 2.75) is 39.5 Å². The second kappa shape index (κ2) is 17.4. The van der Waals surface area contributed by atoms with Gasteiger partial charge in [-0.1, -0.05) is 26.7 Å². The summed E-state index contributed by atoms with van der Waals surface area (Å²) in [6.07, 6.45) is 18.8. The summed E-state index contributed by atoms with van der Waals surface area (Å²) in [6, 6.07) is 21.1. The topological polar surface area (TPSA) is 0 Å².